The lowest BCUT2D eigenvalue weighted by molar-refractivity contribution is -0.385. The quantitative estimate of drug-likeness (QED) is 0.221. The fourth-order valence-electron chi connectivity index (χ4n) is 3.59. The van der Waals surface area contributed by atoms with Crippen molar-refractivity contribution in [2.75, 3.05) is 23.8 Å². The molecule has 0 radical (unpaired) electrons. The first-order chi connectivity index (χ1) is 16.7. The number of nitrogens with zero attached hydrogens (tertiary/aromatic N) is 2. The third-order valence-corrected chi connectivity index (χ3v) is 5.17. The average molecular weight is 487 g/mol. The van der Waals surface area contributed by atoms with Crippen molar-refractivity contribution in [3.63, 3.8) is 0 Å². The topological polar surface area (TPSA) is 154 Å². The molecule has 0 aliphatic carbocycles. The summed E-state index contributed by atoms with van der Waals surface area (Å²) in [6, 6.07) is 9.35. The zero-order chi connectivity index (χ0) is 25.8. The molecule has 11 nitrogen and oxygen atoms in total. The molecular weight excluding hydrogens is 456 g/mol. The van der Waals surface area contributed by atoms with Crippen LogP contribution in [0.4, 0.5) is 22.7 Å². The van der Waals surface area contributed by atoms with Crippen molar-refractivity contribution < 1.29 is 24.2 Å². The maximum absolute atomic E-state index is 11.3. The first kappa shape index (κ1) is 27.4. The fraction of sp³-hybridized carbons (Fsp3) is 0.417. The van der Waals surface area contributed by atoms with Gasteiger partial charge in [-0.25, -0.2) is 0 Å². The predicted octanol–water partition coefficient (Wildman–Crippen LogP) is 4.78. The highest BCUT2D eigenvalue weighted by atomic mass is 16.6. The largest absolute Gasteiger partial charge is 0.381 e. The van der Waals surface area contributed by atoms with Gasteiger partial charge in [0.1, 0.15) is 0 Å². The van der Waals surface area contributed by atoms with E-state index in [-0.39, 0.29) is 23.2 Å². The lowest BCUT2D eigenvalue weighted by atomic mass is 10.1. The predicted molar refractivity (Wildman–Crippen MR) is 131 cm³/mol. The molecule has 11 heteroatoms. The zero-order valence-electron chi connectivity index (χ0n) is 19.9. The summed E-state index contributed by atoms with van der Waals surface area (Å²) in [5.74, 6) is -0.579. The standard InChI is InChI=1S/C24H30N4O7/c1-17(29)25-21-11-9-19(23(15-21)27(31)32)7-3-5-13-35-14-6-4-8-20-10-12-22(26-18(2)30)16-24(20)28(33)34/h9-12,15-16H,3-8,13-14H2,1-2H3,(H,25,29)(H,26,30). The van der Waals surface area contributed by atoms with Crippen molar-refractivity contribution in [1.29, 1.82) is 0 Å². The lowest BCUT2D eigenvalue weighted by Gasteiger charge is -2.08. The Bertz CT molecular complexity index is 988. The van der Waals surface area contributed by atoms with Gasteiger partial charge in [-0.2, -0.15) is 0 Å². The number of rotatable bonds is 14. The number of amides is 2. The van der Waals surface area contributed by atoms with E-state index in [9.17, 15) is 29.8 Å². The van der Waals surface area contributed by atoms with Crippen molar-refractivity contribution in [2.45, 2.75) is 52.4 Å². The number of nitro groups is 2. The second-order valence-electron chi connectivity index (χ2n) is 8.09. The van der Waals surface area contributed by atoms with Crippen molar-refractivity contribution in [3.05, 3.63) is 67.8 Å². The van der Waals surface area contributed by atoms with E-state index in [2.05, 4.69) is 10.6 Å². The molecule has 0 aliphatic rings. The summed E-state index contributed by atoms with van der Waals surface area (Å²) in [5, 5.41) is 27.7. The Hall–Kier alpha value is -3.86. The van der Waals surface area contributed by atoms with Gasteiger partial charge in [-0.15, -0.1) is 0 Å². The molecule has 0 saturated carbocycles. The number of nitro benzene ring substituents is 2. The first-order valence-corrected chi connectivity index (χ1v) is 11.3. The number of hydrogen-bond acceptors (Lipinski definition) is 7. The van der Waals surface area contributed by atoms with Crippen LogP contribution in [0.1, 0.15) is 50.7 Å². The summed E-state index contributed by atoms with van der Waals surface area (Å²) < 4.78 is 5.63. The highest BCUT2D eigenvalue weighted by molar-refractivity contribution is 5.89. The third kappa shape index (κ3) is 9.49. The van der Waals surface area contributed by atoms with Crippen LogP contribution in [-0.4, -0.2) is 34.9 Å². The van der Waals surface area contributed by atoms with Crippen molar-refractivity contribution in [2.24, 2.45) is 0 Å². The van der Waals surface area contributed by atoms with Gasteiger partial charge in [0, 0.05) is 61.7 Å². The number of carbonyl (C=O) groups is 2. The molecule has 0 bridgehead atoms. The van der Waals surface area contributed by atoms with Gasteiger partial charge in [0.15, 0.2) is 0 Å². The fourth-order valence-corrected chi connectivity index (χ4v) is 3.59. The Morgan fingerprint density at radius 1 is 0.743 bits per heavy atom. The molecule has 2 amide bonds. The summed E-state index contributed by atoms with van der Waals surface area (Å²) in [6.07, 6.45) is 3.96. The van der Waals surface area contributed by atoms with E-state index in [0.29, 0.717) is 61.4 Å². The average Bonchev–Trinajstić information content (AvgIpc) is 2.78. The van der Waals surface area contributed by atoms with E-state index in [1.165, 1.54) is 26.0 Å². The van der Waals surface area contributed by atoms with Gasteiger partial charge < -0.3 is 15.4 Å². The molecule has 188 valence electrons. The van der Waals surface area contributed by atoms with E-state index >= 15 is 0 Å². The van der Waals surface area contributed by atoms with Gasteiger partial charge in [0.05, 0.1) is 9.85 Å². The maximum atomic E-state index is 11.3. The highest BCUT2D eigenvalue weighted by Crippen LogP contribution is 2.26. The number of hydrogen-bond donors (Lipinski definition) is 2. The molecule has 2 N–H and O–H groups in total. The Morgan fingerprint density at radius 3 is 1.49 bits per heavy atom. The minimum absolute atomic E-state index is 0.0173. The summed E-state index contributed by atoms with van der Waals surface area (Å²) in [7, 11) is 0. The number of ether oxygens (including phenoxy) is 1. The van der Waals surface area contributed by atoms with Gasteiger partial charge in [0.2, 0.25) is 11.8 Å². The van der Waals surface area contributed by atoms with Crippen molar-refractivity contribution in [1.82, 2.24) is 0 Å². The molecule has 2 rings (SSSR count). The van der Waals surface area contributed by atoms with Gasteiger partial charge in [-0.05, 0) is 50.7 Å². The number of aryl methyl sites for hydroxylation is 2. The molecule has 0 unspecified atom stereocenters. The second kappa shape index (κ2) is 13.8. The number of benzene rings is 2. The Morgan fingerprint density at radius 2 is 1.14 bits per heavy atom. The van der Waals surface area contributed by atoms with E-state index in [1.807, 2.05) is 0 Å². The molecular formula is C24H30N4O7. The van der Waals surface area contributed by atoms with Crippen LogP contribution in [0.3, 0.4) is 0 Å². The van der Waals surface area contributed by atoms with E-state index in [4.69, 9.17) is 4.74 Å². The van der Waals surface area contributed by atoms with Crippen LogP contribution in [0.5, 0.6) is 0 Å². The van der Waals surface area contributed by atoms with Gasteiger partial charge in [-0.3, -0.25) is 29.8 Å². The second-order valence-corrected chi connectivity index (χ2v) is 8.09. The van der Waals surface area contributed by atoms with Crippen LogP contribution in [0.25, 0.3) is 0 Å². The summed E-state index contributed by atoms with van der Waals surface area (Å²) >= 11 is 0. The number of anilines is 2. The Kier molecular flexibility index (Phi) is 10.8. The Labute approximate surface area is 203 Å². The molecule has 0 heterocycles. The molecule has 2 aromatic carbocycles. The first-order valence-electron chi connectivity index (χ1n) is 11.3. The Balaban J connectivity index is 1.69. The molecule has 0 fully saturated rings. The van der Waals surface area contributed by atoms with Crippen LogP contribution >= 0.6 is 0 Å². The van der Waals surface area contributed by atoms with Gasteiger partial charge in [0.25, 0.3) is 11.4 Å². The maximum Gasteiger partial charge on any atom is 0.274 e. The number of nitrogens with one attached hydrogen (secondary N) is 2. The van der Waals surface area contributed by atoms with Crippen LogP contribution in [-0.2, 0) is 27.2 Å². The van der Waals surface area contributed by atoms with Gasteiger partial charge in [-0.1, -0.05) is 12.1 Å². The van der Waals surface area contributed by atoms with Crippen molar-refractivity contribution in [3.8, 4) is 0 Å². The van der Waals surface area contributed by atoms with E-state index < -0.39 is 9.85 Å². The van der Waals surface area contributed by atoms with Gasteiger partial charge >= 0.3 is 0 Å². The monoisotopic (exact) mass is 486 g/mol. The summed E-state index contributed by atoms with van der Waals surface area (Å²) in [5.41, 5.74) is 1.97. The van der Waals surface area contributed by atoms with E-state index in [0.717, 1.165) is 12.8 Å². The normalized spacial score (nSPS) is 10.6. The minimum Gasteiger partial charge on any atom is -0.381 e. The van der Waals surface area contributed by atoms with Crippen molar-refractivity contribution >= 4 is 34.6 Å². The van der Waals surface area contributed by atoms with Crippen LogP contribution in [0.15, 0.2) is 36.4 Å². The van der Waals surface area contributed by atoms with E-state index in [1.54, 1.807) is 24.3 Å². The molecule has 2 aromatic rings. The smallest absolute Gasteiger partial charge is 0.274 e. The number of carbonyl (C=O) groups excluding carboxylic acids is 2. The molecule has 0 saturated heterocycles. The summed E-state index contributed by atoms with van der Waals surface area (Å²) in [4.78, 5) is 44.0. The van der Waals surface area contributed by atoms with Crippen LogP contribution in [0.2, 0.25) is 0 Å². The third-order valence-electron chi connectivity index (χ3n) is 5.17. The number of unbranched alkanes of at least 4 members (excludes halogenated alkanes) is 2. The SMILES string of the molecule is CC(=O)Nc1ccc(CCCCOCCCCc2ccc(NC(C)=O)cc2[N+](=O)[O-])c([N+](=O)[O-])c1. The molecule has 0 aromatic heterocycles. The summed E-state index contributed by atoms with van der Waals surface area (Å²) in [6.45, 7) is 3.72. The molecule has 0 spiro atoms. The van der Waals surface area contributed by atoms with Crippen LogP contribution < -0.4 is 10.6 Å². The van der Waals surface area contributed by atoms with Crippen LogP contribution in [0, 0.1) is 20.2 Å². The molecule has 0 aliphatic heterocycles. The lowest BCUT2D eigenvalue weighted by Crippen LogP contribution is -2.07. The molecule has 0 atom stereocenters. The zero-order valence-corrected chi connectivity index (χ0v) is 19.9. The highest BCUT2D eigenvalue weighted by Gasteiger charge is 2.16. The molecule has 35 heavy (non-hydrogen) atoms. The minimum atomic E-state index is -0.450.